The number of rotatable bonds is 2. The van der Waals surface area contributed by atoms with Gasteiger partial charge in [-0.15, -0.1) is 0 Å². The lowest BCUT2D eigenvalue weighted by Crippen LogP contribution is -2.53. The zero-order valence-corrected chi connectivity index (χ0v) is 9.49. The van der Waals surface area contributed by atoms with Crippen LogP contribution in [0.15, 0.2) is 12.2 Å². The van der Waals surface area contributed by atoms with Crippen molar-refractivity contribution in [3.8, 4) is 0 Å². The van der Waals surface area contributed by atoms with Crippen LogP contribution >= 0.6 is 0 Å². The third kappa shape index (κ3) is 1.76. The Balaban J connectivity index is 3.08. The second-order valence-corrected chi connectivity index (χ2v) is 4.29. The van der Waals surface area contributed by atoms with Crippen molar-refractivity contribution in [2.75, 3.05) is 0 Å². The molecule has 0 radical (unpaired) electrons. The van der Waals surface area contributed by atoms with Crippen LogP contribution in [0.4, 0.5) is 0 Å². The molecule has 0 bridgehead atoms. The number of carbonyl (C=O) groups is 2. The van der Waals surface area contributed by atoms with Crippen LogP contribution in [0.5, 0.6) is 0 Å². The van der Waals surface area contributed by atoms with E-state index in [1.165, 1.54) is 0 Å². The number of carbonyl (C=O) groups excluding carboxylic acids is 2. The molecule has 0 spiro atoms. The predicted octanol–water partition coefficient (Wildman–Crippen LogP) is 1.65. The maximum absolute atomic E-state index is 11.4. The van der Waals surface area contributed by atoms with E-state index in [-0.39, 0.29) is 17.4 Å². The Morgan fingerprint density at radius 1 is 1.00 bits per heavy atom. The van der Waals surface area contributed by atoms with Crippen LogP contribution in [0, 0.1) is 11.8 Å². The molecule has 0 aromatic carbocycles. The molecule has 15 heavy (non-hydrogen) atoms. The summed E-state index contributed by atoms with van der Waals surface area (Å²) in [5, 5.41) is 0. The van der Waals surface area contributed by atoms with Crippen molar-refractivity contribution in [1.82, 2.24) is 0 Å². The van der Waals surface area contributed by atoms with Gasteiger partial charge in [0.2, 0.25) is 0 Å². The highest BCUT2D eigenvalue weighted by Gasteiger charge is 2.50. The van der Waals surface area contributed by atoms with Gasteiger partial charge in [0.15, 0.2) is 0 Å². The van der Waals surface area contributed by atoms with Crippen molar-refractivity contribution in [2.45, 2.75) is 33.5 Å². The van der Waals surface area contributed by atoms with Gasteiger partial charge in [-0.2, -0.15) is 0 Å². The number of esters is 2. The lowest BCUT2D eigenvalue weighted by atomic mass is 9.90. The van der Waals surface area contributed by atoms with Gasteiger partial charge in [-0.05, 0) is 0 Å². The third-order valence-electron chi connectivity index (χ3n) is 2.61. The van der Waals surface area contributed by atoms with E-state index < -0.39 is 17.7 Å². The first-order valence-electron chi connectivity index (χ1n) is 4.97. The molecule has 4 nitrogen and oxygen atoms in total. The molecule has 1 aliphatic rings. The number of hydrogen-bond acceptors (Lipinski definition) is 4. The van der Waals surface area contributed by atoms with Crippen molar-refractivity contribution >= 4 is 11.9 Å². The van der Waals surface area contributed by atoms with Gasteiger partial charge in [-0.25, -0.2) is 9.59 Å². The fourth-order valence-electron chi connectivity index (χ4n) is 1.66. The highest BCUT2D eigenvalue weighted by Crippen LogP contribution is 2.36. The first-order valence-corrected chi connectivity index (χ1v) is 4.97. The Morgan fingerprint density at radius 2 is 1.33 bits per heavy atom. The van der Waals surface area contributed by atoms with Gasteiger partial charge in [-0.1, -0.05) is 34.3 Å². The first-order chi connectivity index (χ1) is 6.81. The maximum Gasteiger partial charge on any atom is 0.348 e. The van der Waals surface area contributed by atoms with Crippen LogP contribution < -0.4 is 0 Å². The highest BCUT2D eigenvalue weighted by molar-refractivity contribution is 6.14. The standard InChI is InChI=1S/C11H16O4/c1-6(2)11(7(3)4)14-9(12)8(5)10(13)15-11/h6-7H,5H2,1-4H3. The minimum Gasteiger partial charge on any atom is -0.418 e. The predicted molar refractivity (Wildman–Crippen MR) is 53.7 cm³/mol. The summed E-state index contributed by atoms with van der Waals surface area (Å²) in [5.41, 5.74) is -0.244. The molecule has 0 aromatic rings. The summed E-state index contributed by atoms with van der Waals surface area (Å²) in [6.45, 7) is 10.7. The largest absolute Gasteiger partial charge is 0.418 e. The minimum atomic E-state index is -1.16. The molecule has 0 atom stereocenters. The van der Waals surface area contributed by atoms with Gasteiger partial charge in [0.25, 0.3) is 5.79 Å². The molecule has 4 heteroatoms. The van der Waals surface area contributed by atoms with Crippen molar-refractivity contribution in [3.63, 3.8) is 0 Å². The third-order valence-corrected chi connectivity index (χ3v) is 2.61. The van der Waals surface area contributed by atoms with Crippen molar-refractivity contribution in [3.05, 3.63) is 12.2 Å². The van der Waals surface area contributed by atoms with E-state index in [9.17, 15) is 9.59 Å². The van der Waals surface area contributed by atoms with Crippen LogP contribution in [0.2, 0.25) is 0 Å². The Labute approximate surface area is 89.2 Å². The van der Waals surface area contributed by atoms with Crippen LogP contribution in [0.25, 0.3) is 0 Å². The molecule has 0 aliphatic carbocycles. The minimum absolute atomic E-state index is 0.0986. The fraction of sp³-hybridized carbons (Fsp3) is 0.636. The summed E-state index contributed by atoms with van der Waals surface area (Å²) in [7, 11) is 0. The summed E-state index contributed by atoms with van der Waals surface area (Å²) in [4.78, 5) is 22.8. The molecule has 84 valence electrons. The number of hydrogen-bond donors (Lipinski definition) is 0. The average molecular weight is 212 g/mol. The molecule has 0 aromatic heterocycles. The van der Waals surface area contributed by atoms with Gasteiger partial charge >= 0.3 is 11.9 Å². The summed E-state index contributed by atoms with van der Waals surface area (Å²) in [6.07, 6.45) is 0. The van der Waals surface area contributed by atoms with Gasteiger partial charge in [0.1, 0.15) is 5.57 Å². The van der Waals surface area contributed by atoms with E-state index in [1.54, 1.807) is 0 Å². The van der Waals surface area contributed by atoms with E-state index in [0.29, 0.717) is 0 Å². The average Bonchev–Trinajstić information content (AvgIpc) is 2.12. The summed E-state index contributed by atoms with van der Waals surface area (Å²) in [5.74, 6) is -2.73. The van der Waals surface area contributed by atoms with Crippen LogP contribution in [-0.4, -0.2) is 17.7 Å². The quantitative estimate of drug-likeness (QED) is 0.397. The van der Waals surface area contributed by atoms with Crippen LogP contribution in [-0.2, 0) is 19.1 Å². The van der Waals surface area contributed by atoms with Crippen LogP contribution in [0.3, 0.4) is 0 Å². The Hall–Kier alpha value is -1.32. The van der Waals surface area contributed by atoms with Crippen molar-refractivity contribution in [2.24, 2.45) is 11.8 Å². The van der Waals surface area contributed by atoms with Crippen molar-refractivity contribution in [1.29, 1.82) is 0 Å². The van der Waals surface area contributed by atoms with Crippen LogP contribution in [0.1, 0.15) is 27.7 Å². The molecule has 1 aliphatic heterocycles. The molecule has 1 saturated heterocycles. The highest BCUT2D eigenvalue weighted by atomic mass is 16.7. The lowest BCUT2D eigenvalue weighted by molar-refractivity contribution is -0.267. The maximum atomic E-state index is 11.4. The monoisotopic (exact) mass is 212 g/mol. The summed E-state index contributed by atoms with van der Waals surface area (Å²) >= 11 is 0. The SMILES string of the molecule is C=C1C(=O)OC(C(C)C)(C(C)C)OC1=O. The first kappa shape index (κ1) is 11.8. The number of cyclic esters (lactones) is 2. The van der Waals surface area contributed by atoms with E-state index >= 15 is 0 Å². The molecule has 0 amide bonds. The zero-order chi connectivity index (χ0) is 11.8. The van der Waals surface area contributed by atoms with Gasteiger partial charge in [-0.3, -0.25) is 0 Å². The molecular weight excluding hydrogens is 196 g/mol. The van der Waals surface area contributed by atoms with Gasteiger partial charge < -0.3 is 9.47 Å². The summed E-state index contributed by atoms with van der Waals surface area (Å²) < 4.78 is 10.4. The van der Waals surface area contributed by atoms with E-state index in [1.807, 2.05) is 27.7 Å². The lowest BCUT2D eigenvalue weighted by Gasteiger charge is -2.41. The smallest absolute Gasteiger partial charge is 0.348 e. The normalized spacial score (nSPS) is 20.5. The molecule has 0 N–H and O–H groups in total. The van der Waals surface area contributed by atoms with Gasteiger partial charge in [0, 0.05) is 11.8 Å². The Bertz CT molecular complexity index is 285. The molecule has 1 rings (SSSR count). The van der Waals surface area contributed by atoms with Gasteiger partial charge in [0.05, 0.1) is 0 Å². The van der Waals surface area contributed by atoms with Crippen molar-refractivity contribution < 1.29 is 19.1 Å². The Morgan fingerprint density at radius 3 is 1.60 bits per heavy atom. The molecule has 1 heterocycles. The number of ether oxygens (including phenoxy) is 2. The molecule has 0 unspecified atom stereocenters. The topological polar surface area (TPSA) is 52.6 Å². The fourth-order valence-corrected chi connectivity index (χ4v) is 1.66. The molecular formula is C11H16O4. The van der Waals surface area contributed by atoms with E-state index in [0.717, 1.165) is 0 Å². The van der Waals surface area contributed by atoms with E-state index in [4.69, 9.17) is 9.47 Å². The van der Waals surface area contributed by atoms with E-state index in [2.05, 4.69) is 6.58 Å². The summed E-state index contributed by atoms with van der Waals surface area (Å²) in [6, 6.07) is 0. The zero-order valence-electron chi connectivity index (χ0n) is 9.49. The molecule has 1 fully saturated rings. The second-order valence-electron chi connectivity index (χ2n) is 4.29. The Kier molecular flexibility index (Phi) is 2.88. The molecule has 0 saturated carbocycles. The second kappa shape index (κ2) is 3.68.